The van der Waals surface area contributed by atoms with Crippen LogP contribution >= 0.6 is 11.6 Å². The summed E-state index contributed by atoms with van der Waals surface area (Å²) in [5.41, 5.74) is -1.12. The number of carbonyl (C=O) groups is 1. The van der Waals surface area contributed by atoms with E-state index in [1.54, 1.807) is 0 Å². The van der Waals surface area contributed by atoms with Crippen molar-refractivity contribution in [1.29, 1.82) is 0 Å². The van der Waals surface area contributed by atoms with Gasteiger partial charge >= 0.3 is 11.7 Å². The zero-order valence-electron chi connectivity index (χ0n) is 10.1. The second kappa shape index (κ2) is 5.71. The highest BCUT2D eigenvalue weighted by Crippen LogP contribution is 2.27. The number of hydrogen-bond donors (Lipinski definition) is 1. The summed E-state index contributed by atoms with van der Waals surface area (Å²) >= 11 is 5.64. The number of halogens is 2. The van der Waals surface area contributed by atoms with E-state index in [-0.39, 0.29) is 16.7 Å². The van der Waals surface area contributed by atoms with Crippen molar-refractivity contribution in [3.63, 3.8) is 0 Å². The zero-order valence-corrected chi connectivity index (χ0v) is 10.9. The van der Waals surface area contributed by atoms with Gasteiger partial charge < -0.3 is 9.84 Å². The number of ether oxygens (including phenoxy) is 1. The number of nitro groups is 1. The molecule has 0 spiro atoms. The summed E-state index contributed by atoms with van der Waals surface area (Å²) in [5, 5.41) is 19.3. The molecule has 0 aliphatic carbocycles. The van der Waals surface area contributed by atoms with E-state index in [1.807, 2.05) is 0 Å². The third-order valence-corrected chi connectivity index (χ3v) is 2.67. The Morgan fingerprint density at radius 3 is 2.67 bits per heavy atom. The lowest BCUT2D eigenvalue weighted by molar-refractivity contribution is -0.387. The Balaban J connectivity index is 2.30. The van der Waals surface area contributed by atoms with Gasteiger partial charge in [0.25, 0.3) is 0 Å². The molecule has 1 heterocycles. The van der Waals surface area contributed by atoms with Crippen LogP contribution < -0.4 is 4.74 Å². The van der Waals surface area contributed by atoms with Gasteiger partial charge in [-0.25, -0.2) is 9.78 Å². The summed E-state index contributed by atoms with van der Waals surface area (Å²) in [6.45, 7) is 0. The van der Waals surface area contributed by atoms with Crippen LogP contribution in [0.4, 0.5) is 10.1 Å². The van der Waals surface area contributed by atoms with Crippen molar-refractivity contribution >= 4 is 23.3 Å². The molecule has 0 saturated carbocycles. The number of pyridine rings is 1. The first kappa shape index (κ1) is 14.7. The minimum Gasteiger partial charge on any atom is -0.476 e. The molecule has 0 fully saturated rings. The van der Waals surface area contributed by atoms with Gasteiger partial charge in [0.15, 0.2) is 5.69 Å². The Morgan fingerprint density at radius 2 is 2.10 bits per heavy atom. The van der Waals surface area contributed by atoms with Crippen LogP contribution in [-0.4, -0.2) is 21.0 Å². The fourth-order valence-electron chi connectivity index (χ4n) is 1.45. The summed E-state index contributed by atoms with van der Waals surface area (Å²) in [6.07, 6.45) is 0. The van der Waals surface area contributed by atoms with Crippen LogP contribution in [-0.2, 0) is 0 Å². The molecule has 21 heavy (non-hydrogen) atoms. The lowest BCUT2D eigenvalue weighted by Crippen LogP contribution is -2.02. The summed E-state index contributed by atoms with van der Waals surface area (Å²) in [7, 11) is 0. The van der Waals surface area contributed by atoms with Crippen molar-refractivity contribution in [2.45, 2.75) is 0 Å². The molecule has 0 unspecified atom stereocenters. The first-order chi connectivity index (χ1) is 9.88. The number of aromatic nitrogens is 1. The molecular formula is C12H6ClFN2O5. The maximum atomic E-state index is 13.4. The molecular weight excluding hydrogens is 307 g/mol. The van der Waals surface area contributed by atoms with E-state index >= 15 is 0 Å². The lowest BCUT2D eigenvalue weighted by atomic mass is 10.3. The van der Waals surface area contributed by atoms with E-state index in [0.29, 0.717) is 0 Å². The van der Waals surface area contributed by atoms with Crippen molar-refractivity contribution in [2.24, 2.45) is 0 Å². The Morgan fingerprint density at radius 1 is 1.38 bits per heavy atom. The molecule has 2 aromatic rings. The number of nitrogens with zero attached hydrogens (tertiary/aromatic N) is 2. The largest absolute Gasteiger partial charge is 0.476 e. The molecule has 0 radical (unpaired) electrons. The minimum absolute atomic E-state index is 0.0655. The van der Waals surface area contributed by atoms with Crippen LogP contribution in [0.3, 0.4) is 0 Å². The van der Waals surface area contributed by atoms with Crippen molar-refractivity contribution in [2.75, 3.05) is 0 Å². The SMILES string of the molecule is O=C(O)c1nc(Oc2ccc([N+](=O)[O-])c(F)c2)ccc1Cl. The molecule has 1 aromatic heterocycles. The second-order valence-electron chi connectivity index (χ2n) is 3.76. The Labute approximate surface area is 121 Å². The maximum absolute atomic E-state index is 13.4. The second-order valence-corrected chi connectivity index (χ2v) is 4.16. The molecule has 1 N–H and O–H groups in total. The van der Waals surface area contributed by atoms with Crippen LogP contribution in [0.15, 0.2) is 30.3 Å². The summed E-state index contributed by atoms with van der Waals surface area (Å²) in [6, 6.07) is 5.44. The van der Waals surface area contributed by atoms with E-state index in [2.05, 4.69) is 4.98 Å². The number of carboxylic acid groups (broad SMARTS) is 1. The molecule has 0 atom stereocenters. The molecule has 1 aromatic carbocycles. The summed E-state index contributed by atoms with van der Waals surface area (Å²) < 4.78 is 18.6. The summed E-state index contributed by atoms with van der Waals surface area (Å²) in [5.74, 6) is -2.63. The molecule has 2 rings (SSSR count). The van der Waals surface area contributed by atoms with E-state index in [9.17, 15) is 19.3 Å². The molecule has 0 aliphatic heterocycles. The van der Waals surface area contributed by atoms with E-state index in [0.717, 1.165) is 18.2 Å². The lowest BCUT2D eigenvalue weighted by Gasteiger charge is -2.06. The van der Waals surface area contributed by atoms with Crippen LogP contribution in [0.1, 0.15) is 10.5 Å². The first-order valence-corrected chi connectivity index (χ1v) is 5.78. The fourth-order valence-corrected chi connectivity index (χ4v) is 1.64. The average Bonchev–Trinajstić information content (AvgIpc) is 2.40. The van der Waals surface area contributed by atoms with Gasteiger partial charge in [0, 0.05) is 18.2 Å². The van der Waals surface area contributed by atoms with Gasteiger partial charge in [0.1, 0.15) is 5.75 Å². The number of nitro benzene ring substituents is 1. The predicted octanol–water partition coefficient (Wildman–Crippen LogP) is 3.27. The molecule has 0 saturated heterocycles. The monoisotopic (exact) mass is 312 g/mol. The Hall–Kier alpha value is -2.74. The normalized spacial score (nSPS) is 10.2. The molecule has 7 nitrogen and oxygen atoms in total. The number of benzene rings is 1. The number of aromatic carboxylic acids is 1. The third-order valence-electron chi connectivity index (χ3n) is 2.36. The minimum atomic E-state index is -1.35. The topological polar surface area (TPSA) is 103 Å². The van der Waals surface area contributed by atoms with Crippen LogP contribution in [0.5, 0.6) is 11.6 Å². The van der Waals surface area contributed by atoms with Crippen LogP contribution in [0.25, 0.3) is 0 Å². The van der Waals surface area contributed by atoms with Gasteiger partial charge in [-0.3, -0.25) is 10.1 Å². The smallest absolute Gasteiger partial charge is 0.356 e. The Bertz CT molecular complexity index is 738. The standard InChI is InChI=1S/C12H6ClFN2O5/c13-7-2-4-10(15-11(7)12(17)18)21-6-1-3-9(16(19)20)8(14)5-6/h1-5H,(H,17,18). The summed E-state index contributed by atoms with van der Waals surface area (Å²) in [4.78, 5) is 24.1. The molecule has 0 bridgehead atoms. The van der Waals surface area contributed by atoms with Crippen molar-refractivity contribution in [3.05, 3.63) is 57.0 Å². The van der Waals surface area contributed by atoms with Gasteiger partial charge in [-0.05, 0) is 12.1 Å². The van der Waals surface area contributed by atoms with Gasteiger partial charge in [0.2, 0.25) is 11.7 Å². The highest BCUT2D eigenvalue weighted by molar-refractivity contribution is 6.33. The molecule has 0 aliphatic rings. The van der Waals surface area contributed by atoms with E-state index in [4.69, 9.17) is 21.4 Å². The third kappa shape index (κ3) is 3.23. The van der Waals surface area contributed by atoms with Gasteiger partial charge in [-0.1, -0.05) is 11.6 Å². The number of carboxylic acids is 1. The fraction of sp³-hybridized carbons (Fsp3) is 0. The van der Waals surface area contributed by atoms with E-state index in [1.165, 1.54) is 12.1 Å². The molecule has 108 valence electrons. The average molecular weight is 313 g/mol. The quantitative estimate of drug-likeness (QED) is 0.686. The first-order valence-electron chi connectivity index (χ1n) is 5.40. The predicted molar refractivity (Wildman–Crippen MR) is 69.3 cm³/mol. The zero-order chi connectivity index (χ0) is 15.6. The highest BCUT2D eigenvalue weighted by Gasteiger charge is 2.16. The van der Waals surface area contributed by atoms with Crippen molar-refractivity contribution in [1.82, 2.24) is 4.98 Å². The molecule has 9 heteroatoms. The van der Waals surface area contributed by atoms with Crippen LogP contribution in [0.2, 0.25) is 5.02 Å². The molecule has 0 amide bonds. The highest BCUT2D eigenvalue weighted by atomic mass is 35.5. The van der Waals surface area contributed by atoms with Crippen molar-refractivity contribution < 1.29 is 24.0 Å². The Kier molecular flexibility index (Phi) is 3.99. The van der Waals surface area contributed by atoms with Crippen molar-refractivity contribution in [3.8, 4) is 11.6 Å². The van der Waals surface area contributed by atoms with Crippen LogP contribution in [0, 0.1) is 15.9 Å². The van der Waals surface area contributed by atoms with Gasteiger partial charge in [0.05, 0.1) is 9.95 Å². The number of hydrogen-bond acceptors (Lipinski definition) is 5. The van der Waals surface area contributed by atoms with Gasteiger partial charge in [-0.2, -0.15) is 4.39 Å². The number of rotatable bonds is 4. The maximum Gasteiger partial charge on any atom is 0.356 e. The van der Waals surface area contributed by atoms with E-state index < -0.39 is 28.1 Å². The van der Waals surface area contributed by atoms with Gasteiger partial charge in [-0.15, -0.1) is 0 Å².